The molecule has 2 aromatic heterocycles. The molecule has 2 heterocycles. The summed E-state index contributed by atoms with van der Waals surface area (Å²) in [4.78, 5) is 17.9. The lowest BCUT2D eigenvalue weighted by atomic mass is 10.0. The number of fused-ring (bicyclic) bond motifs is 1. The molecule has 0 bridgehead atoms. The maximum atomic E-state index is 13.4. The van der Waals surface area contributed by atoms with E-state index in [9.17, 15) is 17.6 Å². The molecule has 0 aliphatic rings. The topological polar surface area (TPSA) is 92.4 Å². The van der Waals surface area contributed by atoms with Crippen LogP contribution in [0.15, 0.2) is 59.4 Å². The molecule has 0 N–H and O–H groups in total. The minimum Gasteiger partial charge on any atom is -0.491 e. The highest BCUT2D eigenvalue weighted by atomic mass is 32.2. The number of methoxy groups -OCH3 is 1. The van der Waals surface area contributed by atoms with E-state index in [1.165, 1.54) is 28.4 Å². The number of imidazole rings is 1. The van der Waals surface area contributed by atoms with E-state index in [0.29, 0.717) is 29.1 Å². The molecule has 0 saturated heterocycles. The number of nitrogens with zero attached hydrogens (tertiary/aromatic N) is 3. The Bertz CT molecular complexity index is 1540. The second kappa shape index (κ2) is 9.53. The molecule has 10 heteroatoms. The van der Waals surface area contributed by atoms with E-state index in [4.69, 9.17) is 9.47 Å². The maximum absolute atomic E-state index is 13.4. The Morgan fingerprint density at radius 2 is 1.71 bits per heavy atom. The lowest BCUT2D eigenvalue weighted by Gasteiger charge is -2.19. The molecule has 35 heavy (non-hydrogen) atoms. The zero-order valence-electron chi connectivity index (χ0n) is 19.9. The van der Waals surface area contributed by atoms with Gasteiger partial charge in [0.05, 0.1) is 42.2 Å². The van der Waals surface area contributed by atoms with Gasteiger partial charge in [0, 0.05) is 13.3 Å². The second-order valence-corrected chi connectivity index (χ2v) is 10.4. The highest BCUT2D eigenvalue weighted by Crippen LogP contribution is 2.31. The summed E-state index contributed by atoms with van der Waals surface area (Å²) in [6, 6.07) is 13.8. The van der Waals surface area contributed by atoms with Gasteiger partial charge in [-0.25, -0.2) is 22.6 Å². The maximum Gasteiger partial charge on any atom is 0.329 e. The predicted octanol–water partition coefficient (Wildman–Crippen LogP) is 3.58. The largest absolute Gasteiger partial charge is 0.491 e. The van der Waals surface area contributed by atoms with Gasteiger partial charge in [-0.05, 0) is 54.4 Å². The average Bonchev–Trinajstić information content (AvgIpc) is 3.07. The first-order valence-electron chi connectivity index (χ1n) is 10.9. The van der Waals surface area contributed by atoms with E-state index in [0.717, 1.165) is 17.4 Å². The van der Waals surface area contributed by atoms with Crippen LogP contribution in [0, 0.1) is 5.82 Å². The Hall–Kier alpha value is -3.66. The van der Waals surface area contributed by atoms with Gasteiger partial charge in [-0.15, -0.1) is 0 Å². The molecular weight excluding hydrogens is 473 g/mol. The van der Waals surface area contributed by atoms with Gasteiger partial charge in [-0.2, -0.15) is 0 Å². The van der Waals surface area contributed by atoms with Crippen molar-refractivity contribution in [2.75, 3.05) is 25.7 Å². The van der Waals surface area contributed by atoms with Crippen molar-refractivity contribution in [1.82, 2.24) is 14.1 Å². The smallest absolute Gasteiger partial charge is 0.329 e. The van der Waals surface area contributed by atoms with E-state index in [1.807, 2.05) is 12.1 Å². The number of halogens is 1. The van der Waals surface area contributed by atoms with Gasteiger partial charge in [0.15, 0.2) is 5.75 Å². The Balaban J connectivity index is 1.92. The fourth-order valence-corrected chi connectivity index (χ4v) is 4.98. The first kappa shape index (κ1) is 24.5. The lowest BCUT2D eigenvalue weighted by molar-refractivity contribution is 0.296. The second-order valence-electron chi connectivity index (χ2n) is 8.21. The van der Waals surface area contributed by atoms with Crippen LogP contribution in [0.3, 0.4) is 0 Å². The van der Waals surface area contributed by atoms with Crippen molar-refractivity contribution in [3.63, 3.8) is 0 Å². The summed E-state index contributed by atoms with van der Waals surface area (Å²) in [7, 11) is -0.396. The Morgan fingerprint density at radius 3 is 2.34 bits per heavy atom. The third kappa shape index (κ3) is 4.93. The number of aromatic nitrogens is 3. The third-order valence-electron chi connectivity index (χ3n) is 5.73. The summed E-state index contributed by atoms with van der Waals surface area (Å²) in [5.74, 6) is -0.0485. The van der Waals surface area contributed by atoms with Crippen LogP contribution < -0.4 is 15.2 Å². The standard InChI is InChI=1S/C25H26FN3O5S/c1-5-34-24-23(33-3)13-11-19(27-24)22(15-35(4,31)32)29-20-12-8-17(14-21(20)28(2)25(29)30)16-6-9-18(26)10-7-16/h6-14,22H,5,15H2,1-4H3/t22-/m1/s1. The number of ether oxygens (including phenoxy) is 2. The van der Waals surface area contributed by atoms with Crippen molar-refractivity contribution in [1.29, 1.82) is 0 Å². The van der Waals surface area contributed by atoms with Crippen molar-refractivity contribution < 1.29 is 22.3 Å². The van der Waals surface area contributed by atoms with E-state index in [-0.39, 0.29) is 23.1 Å². The minimum atomic E-state index is -3.51. The fourth-order valence-electron chi connectivity index (χ4n) is 4.09. The summed E-state index contributed by atoms with van der Waals surface area (Å²) >= 11 is 0. The highest BCUT2D eigenvalue weighted by Gasteiger charge is 2.27. The molecule has 8 nitrogen and oxygen atoms in total. The minimum absolute atomic E-state index is 0.220. The van der Waals surface area contributed by atoms with Crippen LogP contribution in [0.2, 0.25) is 0 Å². The Kier molecular flexibility index (Phi) is 6.66. The molecule has 0 unspecified atom stereocenters. The van der Waals surface area contributed by atoms with Crippen LogP contribution in [-0.4, -0.2) is 48.3 Å². The van der Waals surface area contributed by atoms with Gasteiger partial charge in [0.2, 0.25) is 0 Å². The SMILES string of the molecule is CCOc1nc([C@@H](CS(C)(=O)=O)n2c(=O)n(C)c3cc(-c4ccc(F)cc4)ccc32)ccc1OC. The molecule has 0 saturated carbocycles. The number of aryl methyl sites for hydroxylation is 1. The molecule has 2 aromatic carbocycles. The number of sulfone groups is 1. The Morgan fingerprint density at radius 1 is 1.03 bits per heavy atom. The van der Waals surface area contributed by atoms with Crippen molar-refractivity contribution in [3.8, 4) is 22.8 Å². The van der Waals surface area contributed by atoms with E-state index < -0.39 is 15.9 Å². The zero-order valence-corrected chi connectivity index (χ0v) is 20.7. The normalized spacial score (nSPS) is 12.6. The van der Waals surface area contributed by atoms with E-state index in [2.05, 4.69) is 4.98 Å². The lowest BCUT2D eigenvalue weighted by Crippen LogP contribution is -2.31. The van der Waals surface area contributed by atoms with Gasteiger partial charge in [0.25, 0.3) is 5.88 Å². The van der Waals surface area contributed by atoms with Crippen LogP contribution in [0.25, 0.3) is 22.2 Å². The van der Waals surface area contributed by atoms with Crippen LogP contribution in [-0.2, 0) is 16.9 Å². The summed E-state index contributed by atoms with van der Waals surface area (Å²) in [6.07, 6.45) is 1.12. The molecule has 0 radical (unpaired) electrons. The first-order chi connectivity index (χ1) is 16.6. The van der Waals surface area contributed by atoms with Crippen LogP contribution in [0.1, 0.15) is 18.7 Å². The highest BCUT2D eigenvalue weighted by molar-refractivity contribution is 7.90. The molecule has 0 fully saturated rings. The summed E-state index contributed by atoms with van der Waals surface area (Å²) < 4.78 is 52.0. The quantitative estimate of drug-likeness (QED) is 0.368. The van der Waals surface area contributed by atoms with Crippen molar-refractivity contribution in [2.45, 2.75) is 13.0 Å². The van der Waals surface area contributed by atoms with Crippen molar-refractivity contribution in [3.05, 3.63) is 76.6 Å². The first-order valence-corrected chi connectivity index (χ1v) is 13.0. The summed E-state index contributed by atoms with van der Waals surface area (Å²) in [5, 5.41) is 0. The average molecular weight is 500 g/mol. The van der Waals surface area contributed by atoms with E-state index in [1.54, 1.807) is 44.3 Å². The Labute approximate surface area is 202 Å². The summed E-state index contributed by atoms with van der Waals surface area (Å²) in [5.41, 5.74) is 2.71. The van der Waals surface area contributed by atoms with E-state index >= 15 is 0 Å². The van der Waals surface area contributed by atoms with Crippen molar-refractivity contribution >= 4 is 20.9 Å². The van der Waals surface area contributed by atoms with Gasteiger partial charge >= 0.3 is 5.69 Å². The number of hydrogen-bond acceptors (Lipinski definition) is 6. The van der Waals surface area contributed by atoms with Gasteiger partial charge < -0.3 is 9.47 Å². The van der Waals surface area contributed by atoms with Crippen LogP contribution >= 0.6 is 0 Å². The molecule has 0 amide bonds. The number of pyridine rings is 1. The van der Waals surface area contributed by atoms with Gasteiger partial charge in [-0.3, -0.25) is 9.13 Å². The van der Waals surface area contributed by atoms with Crippen LogP contribution in [0.4, 0.5) is 4.39 Å². The van der Waals surface area contributed by atoms with Gasteiger partial charge in [-0.1, -0.05) is 18.2 Å². The monoisotopic (exact) mass is 499 g/mol. The summed E-state index contributed by atoms with van der Waals surface area (Å²) in [6.45, 7) is 2.14. The number of benzene rings is 2. The molecule has 4 aromatic rings. The predicted molar refractivity (Wildman–Crippen MR) is 132 cm³/mol. The molecule has 184 valence electrons. The number of rotatable bonds is 8. The molecule has 0 spiro atoms. The molecular formula is C25H26FN3O5S. The fraction of sp³-hybridized carbons (Fsp3) is 0.280. The number of hydrogen-bond donors (Lipinski definition) is 0. The molecule has 4 rings (SSSR count). The van der Waals surface area contributed by atoms with Crippen molar-refractivity contribution in [2.24, 2.45) is 7.05 Å². The zero-order chi connectivity index (χ0) is 25.3. The van der Waals surface area contributed by atoms with Crippen LogP contribution in [0.5, 0.6) is 11.6 Å². The van der Waals surface area contributed by atoms with Gasteiger partial charge in [0.1, 0.15) is 15.7 Å². The molecule has 0 aliphatic carbocycles. The third-order valence-corrected chi connectivity index (χ3v) is 6.65. The molecule has 1 atom stereocenters. The molecule has 0 aliphatic heterocycles.